The molecule has 6 heteroatoms. The van der Waals surface area contributed by atoms with Crippen molar-refractivity contribution in [3.8, 4) is 11.3 Å². The average Bonchev–Trinajstić information content (AvgIpc) is 3.03. The van der Waals surface area contributed by atoms with Crippen LogP contribution in [0.2, 0.25) is 5.02 Å². The van der Waals surface area contributed by atoms with Crippen LogP contribution in [-0.2, 0) is 4.74 Å². The van der Waals surface area contributed by atoms with Crippen molar-refractivity contribution >= 4 is 17.7 Å². The van der Waals surface area contributed by atoms with Crippen molar-refractivity contribution in [2.45, 2.75) is 51.7 Å². The molecule has 0 saturated carbocycles. The van der Waals surface area contributed by atoms with Gasteiger partial charge in [0.25, 0.3) is 0 Å². The monoisotopic (exact) mass is 362 g/mol. The quantitative estimate of drug-likeness (QED) is 0.712. The molecule has 0 aliphatic carbocycles. The van der Waals surface area contributed by atoms with E-state index < -0.39 is 5.60 Å². The second kappa shape index (κ2) is 7.08. The number of hydrogen-bond acceptors (Lipinski definition) is 4. The Bertz CT molecular complexity index is 751. The molecule has 0 radical (unpaired) electrons. The van der Waals surface area contributed by atoms with Gasteiger partial charge < -0.3 is 9.26 Å². The second-order valence-corrected chi connectivity index (χ2v) is 7.75. The molecule has 0 spiro atoms. The summed E-state index contributed by atoms with van der Waals surface area (Å²) in [5.74, 6) is 0.646. The number of carbonyl (C=O) groups excluding carboxylic acids is 1. The lowest BCUT2D eigenvalue weighted by molar-refractivity contribution is 0.00869. The van der Waals surface area contributed by atoms with Gasteiger partial charge in [0.15, 0.2) is 5.76 Å². The van der Waals surface area contributed by atoms with Crippen LogP contribution < -0.4 is 0 Å². The Kier molecular flexibility index (Phi) is 5.04. The van der Waals surface area contributed by atoms with E-state index in [2.05, 4.69) is 5.16 Å². The molecule has 1 fully saturated rings. The van der Waals surface area contributed by atoms with Crippen molar-refractivity contribution in [2.75, 3.05) is 6.54 Å². The van der Waals surface area contributed by atoms with Crippen molar-refractivity contribution in [1.29, 1.82) is 0 Å². The van der Waals surface area contributed by atoms with Crippen LogP contribution in [-0.4, -0.2) is 28.3 Å². The highest BCUT2D eigenvalue weighted by Gasteiger charge is 2.33. The minimum atomic E-state index is -0.519. The zero-order valence-corrected chi connectivity index (χ0v) is 15.5. The molecule has 25 heavy (non-hydrogen) atoms. The number of rotatable bonds is 2. The van der Waals surface area contributed by atoms with Gasteiger partial charge in [-0.05, 0) is 52.2 Å². The zero-order valence-electron chi connectivity index (χ0n) is 14.8. The Morgan fingerprint density at radius 1 is 1.32 bits per heavy atom. The third-order valence-corrected chi connectivity index (χ3v) is 4.34. The first-order valence-electron chi connectivity index (χ1n) is 8.56. The van der Waals surface area contributed by atoms with Gasteiger partial charge in [0.1, 0.15) is 11.3 Å². The molecule has 1 aromatic heterocycles. The molecular weight excluding hydrogens is 340 g/mol. The summed E-state index contributed by atoms with van der Waals surface area (Å²) in [6.45, 7) is 6.28. The van der Waals surface area contributed by atoms with Gasteiger partial charge in [-0.3, -0.25) is 4.90 Å². The molecule has 0 N–H and O–H groups in total. The number of carbonyl (C=O) groups is 1. The van der Waals surface area contributed by atoms with Crippen molar-refractivity contribution < 1.29 is 14.1 Å². The first-order valence-corrected chi connectivity index (χ1v) is 8.93. The van der Waals surface area contributed by atoms with E-state index in [1.807, 2.05) is 51.1 Å². The molecule has 134 valence electrons. The maximum atomic E-state index is 12.5. The number of benzene rings is 1. The normalized spacial score (nSPS) is 18.2. The molecule has 1 aromatic carbocycles. The molecule has 0 bridgehead atoms. The van der Waals surface area contributed by atoms with Gasteiger partial charge in [-0.1, -0.05) is 28.9 Å². The van der Waals surface area contributed by atoms with E-state index in [-0.39, 0.29) is 12.1 Å². The summed E-state index contributed by atoms with van der Waals surface area (Å²) in [4.78, 5) is 14.3. The van der Waals surface area contributed by atoms with Crippen molar-refractivity contribution in [1.82, 2.24) is 10.1 Å². The number of nitrogens with zero attached hydrogens (tertiary/aromatic N) is 2. The van der Waals surface area contributed by atoms with Gasteiger partial charge in [-0.2, -0.15) is 0 Å². The fourth-order valence-corrected chi connectivity index (χ4v) is 3.19. The lowest BCUT2D eigenvalue weighted by Gasteiger charge is -2.35. The Morgan fingerprint density at radius 2 is 2.12 bits per heavy atom. The van der Waals surface area contributed by atoms with Crippen LogP contribution in [0.1, 0.15) is 51.8 Å². The lowest BCUT2D eigenvalue weighted by Crippen LogP contribution is -2.42. The number of ether oxygens (including phenoxy) is 1. The van der Waals surface area contributed by atoms with Crippen molar-refractivity contribution in [2.24, 2.45) is 0 Å². The fourth-order valence-electron chi connectivity index (χ4n) is 3.00. The van der Waals surface area contributed by atoms with Crippen LogP contribution >= 0.6 is 11.6 Å². The number of hydrogen-bond donors (Lipinski definition) is 0. The molecule has 1 aliphatic heterocycles. The van der Waals surface area contributed by atoms with E-state index in [1.165, 1.54) is 0 Å². The standard InChI is InChI=1S/C19H23ClN2O3/c1-19(2,3)24-18(23)22-10-5-4-9-16(22)15-12-17(25-21-15)13-7-6-8-14(20)11-13/h6-8,11-12,16H,4-5,9-10H2,1-3H3/t16-/m0/s1. The molecule has 2 aromatic rings. The van der Waals surface area contributed by atoms with E-state index in [0.717, 1.165) is 30.5 Å². The van der Waals surface area contributed by atoms with Crippen LogP contribution in [0.3, 0.4) is 0 Å². The number of aromatic nitrogens is 1. The second-order valence-electron chi connectivity index (χ2n) is 7.31. The number of piperidine rings is 1. The number of amides is 1. The fraction of sp³-hybridized carbons (Fsp3) is 0.474. The maximum absolute atomic E-state index is 12.5. The van der Waals surface area contributed by atoms with Gasteiger partial charge >= 0.3 is 6.09 Å². The van der Waals surface area contributed by atoms with E-state index >= 15 is 0 Å². The van der Waals surface area contributed by atoms with Gasteiger partial charge in [-0.15, -0.1) is 0 Å². The summed E-state index contributed by atoms with van der Waals surface area (Å²) in [5, 5.41) is 4.85. The first-order chi connectivity index (χ1) is 11.8. The van der Waals surface area contributed by atoms with Crippen LogP contribution in [0.5, 0.6) is 0 Å². The highest BCUT2D eigenvalue weighted by Crippen LogP contribution is 2.34. The van der Waals surface area contributed by atoms with Gasteiger partial charge in [0.05, 0.1) is 6.04 Å². The molecule has 5 nitrogen and oxygen atoms in total. The van der Waals surface area contributed by atoms with Gasteiger partial charge in [0, 0.05) is 23.2 Å². The first kappa shape index (κ1) is 17.8. The largest absolute Gasteiger partial charge is 0.444 e. The van der Waals surface area contributed by atoms with Gasteiger partial charge in [-0.25, -0.2) is 4.79 Å². The van der Waals surface area contributed by atoms with Crippen LogP contribution in [0, 0.1) is 0 Å². The SMILES string of the molecule is CC(C)(C)OC(=O)N1CCCC[C@H]1c1cc(-c2cccc(Cl)c2)on1. The third kappa shape index (κ3) is 4.34. The summed E-state index contributed by atoms with van der Waals surface area (Å²) in [5.41, 5.74) is 1.10. The van der Waals surface area contributed by atoms with Crippen LogP contribution in [0.25, 0.3) is 11.3 Å². The Labute approximate surface area is 152 Å². The van der Waals surface area contributed by atoms with E-state index in [1.54, 1.807) is 4.90 Å². The van der Waals surface area contributed by atoms with E-state index in [4.69, 9.17) is 20.9 Å². The average molecular weight is 363 g/mol. The summed E-state index contributed by atoms with van der Waals surface area (Å²) in [6.07, 6.45) is 2.56. The molecule has 1 saturated heterocycles. The molecule has 0 unspecified atom stereocenters. The Balaban J connectivity index is 1.82. The highest BCUT2D eigenvalue weighted by molar-refractivity contribution is 6.30. The predicted octanol–water partition coefficient (Wildman–Crippen LogP) is 5.46. The van der Waals surface area contributed by atoms with Gasteiger partial charge in [0.2, 0.25) is 0 Å². The summed E-state index contributed by atoms with van der Waals surface area (Å²) in [7, 11) is 0. The molecular formula is C19H23ClN2O3. The topological polar surface area (TPSA) is 55.6 Å². The molecule has 2 heterocycles. The summed E-state index contributed by atoms with van der Waals surface area (Å²) < 4.78 is 11.0. The number of likely N-dealkylation sites (tertiary alicyclic amines) is 1. The molecule has 1 atom stereocenters. The highest BCUT2D eigenvalue weighted by atomic mass is 35.5. The third-order valence-electron chi connectivity index (χ3n) is 4.11. The summed E-state index contributed by atoms with van der Waals surface area (Å²) >= 11 is 6.04. The Hall–Kier alpha value is -2.01. The number of halogens is 1. The van der Waals surface area contributed by atoms with Crippen LogP contribution in [0.15, 0.2) is 34.9 Å². The van der Waals surface area contributed by atoms with E-state index in [0.29, 0.717) is 17.3 Å². The zero-order chi connectivity index (χ0) is 18.0. The predicted molar refractivity (Wildman–Crippen MR) is 96.5 cm³/mol. The molecule has 1 aliphatic rings. The maximum Gasteiger partial charge on any atom is 0.410 e. The minimum Gasteiger partial charge on any atom is -0.444 e. The van der Waals surface area contributed by atoms with Crippen LogP contribution in [0.4, 0.5) is 4.79 Å². The lowest BCUT2D eigenvalue weighted by atomic mass is 9.99. The van der Waals surface area contributed by atoms with Crippen molar-refractivity contribution in [3.63, 3.8) is 0 Å². The Morgan fingerprint density at radius 3 is 2.84 bits per heavy atom. The summed E-state index contributed by atoms with van der Waals surface area (Å²) in [6, 6.07) is 9.20. The minimum absolute atomic E-state index is 0.125. The van der Waals surface area contributed by atoms with Crippen molar-refractivity contribution in [3.05, 3.63) is 41.0 Å². The smallest absolute Gasteiger partial charge is 0.410 e. The molecule has 3 rings (SSSR count). The molecule has 1 amide bonds. The van der Waals surface area contributed by atoms with E-state index in [9.17, 15) is 4.79 Å².